The number of hydrogen-bond donors (Lipinski definition) is 2. The molecule has 2 aromatic rings. The number of rotatable bonds is 6. The van der Waals surface area contributed by atoms with Gasteiger partial charge < -0.3 is 10.6 Å². The summed E-state index contributed by atoms with van der Waals surface area (Å²) >= 11 is 11.9. The number of aryl methyl sites for hydroxylation is 3. The number of likely N-dealkylation sites (N-methyl/N-ethyl adjacent to an activating group) is 1. The van der Waals surface area contributed by atoms with E-state index in [-0.39, 0.29) is 18.4 Å². The van der Waals surface area contributed by atoms with Gasteiger partial charge in [-0.05, 0) is 64.1 Å². The van der Waals surface area contributed by atoms with Gasteiger partial charge in [0.2, 0.25) is 11.8 Å². The van der Waals surface area contributed by atoms with Crippen molar-refractivity contribution in [1.82, 2.24) is 4.90 Å². The largest absolute Gasteiger partial charge is 0.325 e. The maximum absolute atomic E-state index is 12.5. The van der Waals surface area contributed by atoms with Crippen LogP contribution >= 0.6 is 23.2 Å². The second-order valence-corrected chi connectivity index (χ2v) is 7.93. The van der Waals surface area contributed by atoms with Crippen molar-refractivity contribution in [2.75, 3.05) is 24.2 Å². The van der Waals surface area contributed by atoms with Crippen LogP contribution in [0, 0.1) is 20.8 Å². The highest BCUT2D eigenvalue weighted by molar-refractivity contribution is 6.35. The summed E-state index contributed by atoms with van der Waals surface area (Å²) in [6.07, 6.45) is 0. The molecule has 5 nitrogen and oxygen atoms in total. The summed E-state index contributed by atoms with van der Waals surface area (Å²) in [6.45, 7) is 7.76. The van der Waals surface area contributed by atoms with Crippen molar-refractivity contribution >= 4 is 46.4 Å². The van der Waals surface area contributed by atoms with E-state index < -0.39 is 6.04 Å². The lowest BCUT2D eigenvalue weighted by atomic mass is 10.1. The lowest BCUT2D eigenvalue weighted by Crippen LogP contribution is -2.43. The Morgan fingerprint density at radius 3 is 2.04 bits per heavy atom. The van der Waals surface area contributed by atoms with Gasteiger partial charge in [0, 0.05) is 21.4 Å². The minimum Gasteiger partial charge on any atom is -0.325 e. The van der Waals surface area contributed by atoms with Gasteiger partial charge in [0.25, 0.3) is 0 Å². The van der Waals surface area contributed by atoms with Crippen LogP contribution in [0.3, 0.4) is 0 Å². The molecule has 7 heteroatoms. The summed E-state index contributed by atoms with van der Waals surface area (Å²) in [4.78, 5) is 26.6. The van der Waals surface area contributed by atoms with Crippen LogP contribution in [0.4, 0.5) is 11.4 Å². The summed E-state index contributed by atoms with van der Waals surface area (Å²) in [7, 11) is 1.73. The molecule has 0 saturated carbocycles. The van der Waals surface area contributed by atoms with Crippen LogP contribution in [0.15, 0.2) is 30.3 Å². The predicted molar refractivity (Wildman–Crippen MR) is 116 cm³/mol. The van der Waals surface area contributed by atoms with Gasteiger partial charge in [-0.25, -0.2) is 0 Å². The number of benzene rings is 2. The Morgan fingerprint density at radius 1 is 0.964 bits per heavy atom. The lowest BCUT2D eigenvalue weighted by molar-refractivity contribution is -0.122. The molecule has 2 N–H and O–H groups in total. The minimum atomic E-state index is -0.524. The van der Waals surface area contributed by atoms with E-state index in [2.05, 4.69) is 10.6 Å². The van der Waals surface area contributed by atoms with Crippen LogP contribution in [0.1, 0.15) is 23.6 Å². The highest BCUT2D eigenvalue weighted by Gasteiger charge is 2.21. The average Bonchev–Trinajstić information content (AvgIpc) is 2.56. The molecule has 0 aliphatic rings. The van der Waals surface area contributed by atoms with Gasteiger partial charge in [-0.3, -0.25) is 14.5 Å². The molecule has 0 saturated heterocycles. The third kappa shape index (κ3) is 5.96. The summed E-state index contributed by atoms with van der Waals surface area (Å²) < 4.78 is 0. The zero-order valence-corrected chi connectivity index (χ0v) is 18.2. The number of anilines is 2. The number of amides is 2. The fourth-order valence-corrected chi connectivity index (χ4v) is 3.52. The van der Waals surface area contributed by atoms with Gasteiger partial charge in [0.1, 0.15) is 0 Å². The zero-order valence-electron chi connectivity index (χ0n) is 16.7. The van der Waals surface area contributed by atoms with E-state index >= 15 is 0 Å². The molecule has 0 aromatic heterocycles. The Bertz CT molecular complexity index is 856. The Labute approximate surface area is 176 Å². The van der Waals surface area contributed by atoms with E-state index in [9.17, 15) is 9.59 Å². The molecule has 0 aliphatic heterocycles. The monoisotopic (exact) mass is 421 g/mol. The first-order valence-electron chi connectivity index (χ1n) is 8.91. The highest BCUT2D eigenvalue weighted by Crippen LogP contribution is 2.23. The first kappa shape index (κ1) is 22.2. The standard InChI is InChI=1S/C21H25Cl2N3O2/c1-12-6-13(2)20(14(3)7-12)25-19(27)11-26(5)15(4)21(28)24-18-9-16(22)8-17(23)10-18/h6-10,15H,11H2,1-5H3,(H,24,28)(H,25,27)/t15-/m0/s1. The molecule has 0 radical (unpaired) electrons. The van der Waals surface area contributed by atoms with Crippen molar-refractivity contribution in [2.24, 2.45) is 0 Å². The molecular formula is C21H25Cl2N3O2. The average molecular weight is 422 g/mol. The number of nitrogens with one attached hydrogen (secondary N) is 2. The lowest BCUT2D eigenvalue weighted by Gasteiger charge is -2.24. The Kier molecular flexibility index (Phi) is 7.47. The number of halogens is 2. The molecule has 0 aliphatic carbocycles. The smallest absolute Gasteiger partial charge is 0.241 e. The molecule has 0 spiro atoms. The molecule has 2 aromatic carbocycles. The first-order chi connectivity index (χ1) is 13.1. The molecular weight excluding hydrogens is 397 g/mol. The molecule has 1 atom stereocenters. The number of hydrogen-bond acceptors (Lipinski definition) is 3. The topological polar surface area (TPSA) is 61.4 Å². The fourth-order valence-electron chi connectivity index (χ4n) is 2.99. The Morgan fingerprint density at radius 2 is 1.50 bits per heavy atom. The first-order valence-corrected chi connectivity index (χ1v) is 9.67. The van der Waals surface area contributed by atoms with Gasteiger partial charge in [0.05, 0.1) is 12.6 Å². The SMILES string of the molecule is Cc1cc(C)c(NC(=O)CN(C)[C@@H](C)C(=O)Nc2cc(Cl)cc(Cl)c2)c(C)c1. The van der Waals surface area contributed by atoms with E-state index in [0.717, 1.165) is 22.4 Å². The Balaban J connectivity index is 1.98. The van der Waals surface area contributed by atoms with Crippen LogP contribution in [0.25, 0.3) is 0 Å². The summed E-state index contributed by atoms with van der Waals surface area (Å²) in [5, 5.41) is 6.59. The summed E-state index contributed by atoms with van der Waals surface area (Å²) in [6, 6.07) is 8.36. The van der Waals surface area contributed by atoms with Crippen LogP contribution in [0.5, 0.6) is 0 Å². The normalized spacial score (nSPS) is 12.0. The molecule has 0 unspecified atom stereocenters. The van der Waals surface area contributed by atoms with Gasteiger partial charge in [-0.2, -0.15) is 0 Å². The molecule has 2 amide bonds. The fraction of sp³-hybridized carbons (Fsp3) is 0.333. The van der Waals surface area contributed by atoms with Gasteiger partial charge in [0.15, 0.2) is 0 Å². The van der Waals surface area contributed by atoms with E-state index in [4.69, 9.17) is 23.2 Å². The van der Waals surface area contributed by atoms with Gasteiger partial charge in [-0.15, -0.1) is 0 Å². The summed E-state index contributed by atoms with van der Waals surface area (Å²) in [5.74, 6) is -0.431. The van der Waals surface area contributed by atoms with Crippen molar-refractivity contribution in [3.63, 3.8) is 0 Å². The zero-order chi connectivity index (χ0) is 21.0. The minimum absolute atomic E-state index is 0.0810. The van der Waals surface area contributed by atoms with Crippen molar-refractivity contribution in [1.29, 1.82) is 0 Å². The van der Waals surface area contributed by atoms with E-state index in [1.165, 1.54) is 0 Å². The summed E-state index contributed by atoms with van der Waals surface area (Å²) in [5.41, 5.74) is 4.50. The van der Waals surface area contributed by atoms with Gasteiger partial charge >= 0.3 is 0 Å². The molecule has 28 heavy (non-hydrogen) atoms. The second kappa shape index (κ2) is 9.41. The maximum atomic E-state index is 12.5. The van der Waals surface area contributed by atoms with Gasteiger partial charge in [-0.1, -0.05) is 40.9 Å². The highest BCUT2D eigenvalue weighted by atomic mass is 35.5. The molecule has 0 heterocycles. The van der Waals surface area contributed by atoms with Crippen LogP contribution in [0.2, 0.25) is 10.0 Å². The van der Waals surface area contributed by atoms with E-state index in [1.54, 1.807) is 37.1 Å². The maximum Gasteiger partial charge on any atom is 0.241 e. The third-order valence-corrected chi connectivity index (χ3v) is 4.94. The van der Waals surface area contributed by atoms with Crippen molar-refractivity contribution in [3.8, 4) is 0 Å². The third-order valence-electron chi connectivity index (χ3n) is 4.51. The molecule has 0 bridgehead atoms. The van der Waals surface area contributed by atoms with Crippen LogP contribution < -0.4 is 10.6 Å². The van der Waals surface area contributed by atoms with Crippen LogP contribution in [-0.4, -0.2) is 36.3 Å². The molecule has 150 valence electrons. The Hall–Kier alpha value is -2.08. The van der Waals surface area contributed by atoms with Crippen molar-refractivity contribution in [3.05, 3.63) is 57.1 Å². The quantitative estimate of drug-likeness (QED) is 0.702. The number of carbonyl (C=O) groups excluding carboxylic acids is 2. The van der Waals surface area contributed by atoms with Crippen molar-refractivity contribution < 1.29 is 9.59 Å². The van der Waals surface area contributed by atoms with Crippen molar-refractivity contribution in [2.45, 2.75) is 33.7 Å². The van der Waals surface area contributed by atoms with E-state index in [1.807, 2.05) is 32.9 Å². The van der Waals surface area contributed by atoms with Crippen LogP contribution in [-0.2, 0) is 9.59 Å². The van der Waals surface area contributed by atoms with E-state index in [0.29, 0.717) is 15.7 Å². The molecule has 0 fully saturated rings. The predicted octanol–water partition coefficient (Wildman–Crippen LogP) is 4.82. The number of carbonyl (C=O) groups is 2. The number of nitrogens with zero attached hydrogens (tertiary/aromatic N) is 1. The second-order valence-electron chi connectivity index (χ2n) is 7.06. The molecule has 2 rings (SSSR count).